The summed E-state index contributed by atoms with van der Waals surface area (Å²) in [7, 11) is 0. The topological polar surface area (TPSA) is 37.3 Å². The molecule has 2 heteroatoms. The molecule has 3 fully saturated rings. The number of carbonyl (C=O) groups is 1. The van der Waals surface area contributed by atoms with Crippen LogP contribution in [0.3, 0.4) is 0 Å². The lowest BCUT2D eigenvalue weighted by atomic mass is 9.47. The average Bonchev–Trinajstić information content (AvgIpc) is 3.09. The normalized spacial score (nSPS) is 43.0. The van der Waals surface area contributed by atoms with Crippen LogP contribution in [-0.4, -0.2) is 17.5 Å². The first-order valence-electron chi connectivity index (χ1n) is 12.3. The number of aliphatic hydroxyl groups excluding tert-OH is 1. The summed E-state index contributed by atoms with van der Waals surface area (Å²) in [6.45, 7) is 16.9. The third-order valence-corrected chi connectivity index (χ3v) is 8.32. The monoisotopic (exact) mass is 392 g/mol. The molecule has 0 spiro atoms. The van der Waals surface area contributed by atoms with Gasteiger partial charge in [-0.05, 0) is 80.0 Å². The van der Waals surface area contributed by atoms with E-state index >= 15 is 0 Å². The molecule has 164 valence electrons. The zero-order chi connectivity index (χ0) is 21.5. The van der Waals surface area contributed by atoms with Gasteiger partial charge in [-0.1, -0.05) is 67.0 Å². The van der Waals surface area contributed by atoms with E-state index in [0.717, 1.165) is 43.4 Å². The van der Waals surface area contributed by atoms with Crippen LogP contribution in [-0.2, 0) is 4.79 Å². The molecule has 0 aromatic rings. The van der Waals surface area contributed by atoms with Crippen molar-refractivity contribution in [3.63, 3.8) is 0 Å². The molecule has 0 amide bonds. The molecule has 28 heavy (non-hydrogen) atoms. The van der Waals surface area contributed by atoms with E-state index in [0.29, 0.717) is 11.3 Å². The van der Waals surface area contributed by atoms with Crippen molar-refractivity contribution in [2.75, 3.05) is 0 Å². The maximum Gasteiger partial charge on any atom is 0.123 e. The summed E-state index contributed by atoms with van der Waals surface area (Å²) in [5.41, 5.74) is 2.13. The van der Waals surface area contributed by atoms with E-state index in [1.165, 1.54) is 32.0 Å². The Bertz CT molecular complexity index is 511. The molecule has 0 aromatic carbocycles. The van der Waals surface area contributed by atoms with Crippen LogP contribution in [0.2, 0.25) is 0 Å². The molecule has 4 rings (SSSR count). The quantitative estimate of drug-likeness (QED) is 0.378. The van der Waals surface area contributed by atoms with Crippen LogP contribution in [0.4, 0.5) is 0 Å². The molecule has 3 saturated carbocycles. The molecular weight excluding hydrogens is 344 g/mol. The van der Waals surface area contributed by atoms with Crippen LogP contribution < -0.4 is 0 Å². The highest BCUT2D eigenvalue weighted by atomic mass is 16.3. The summed E-state index contributed by atoms with van der Waals surface area (Å²) >= 11 is 0. The minimum Gasteiger partial charge on any atom is -0.393 e. The van der Waals surface area contributed by atoms with E-state index in [-0.39, 0.29) is 11.5 Å². The van der Waals surface area contributed by atoms with Crippen LogP contribution in [0.1, 0.15) is 107 Å². The summed E-state index contributed by atoms with van der Waals surface area (Å²) in [5, 5.41) is 10.0. The Hall–Kier alpha value is -0.630. The highest BCUT2D eigenvalue weighted by Gasteiger charge is 2.58. The lowest BCUT2D eigenvalue weighted by molar-refractivity contribution is -0.117. The summed E-state index contributed by atoms with van der Waals surface area (Å²) in [6.07, 6.45) is 12.7. The predicted molar refractivity (Wildman–Crippen MR) is 121 cm³/mol. The second-order valence-electron chi connectivity index (χ2n) is 9.02. The summed E-state index contributed by atoms with van der Waals surface area (Å²) in [6, 6.07) is 0. The third kappa shape index (κ3) is 4.27. The minimum absolute atomic E-state index is 0.115. The molecular formula is C26H48O2. The van der Waals surface area contributed by atoms with Crippen LogP contribution >= 0.6 is 0 Å². The van der Waals surface area contributed by atoms with Crippen molar-refractivity contribution >= 4 is 6.29 Å². The number of rotatable bonds is 1. The number of aldehydes is 1. The number of aliphatic hydroxyl groups is 1. The fraction of sp³-hybridized carbons (Fsp3) is 0.885. The number of hydrogen-bond donors (Lipinski definition) is 1. The zero-order valence-electron chi connectivity index (χ0n) is 20.1. The van der Waals surface area contributed by atoms with Gasteiger partial charge in [0.25, 0.3) is 0 Å². The van der Waals surface area contributed by atoms with Crippen molar-refractivity contribution in [3.8, 4) is 0 Å². The smallest absolute Gasteiger partial charge is 0.123 e. The second kappa shape index (κ2) is 11.0. The van der Waals surface area contributed by atoms with E-state index in [1.54, 1.807) is 5.57 Å². The molecule has 7 atom stereocenters. The molecule has 2 nitrogen and oxygen atoms in total. The Balaban J connectivity index is 0.000000599. The van der Waals surface area contributed by atoms with Crippen molar-refractivity contribution in [3.05, 3.63) is 11.6 Å². The SMILES string of the molecule is CC.CC.CC.CC12CCC(O)CC1=CCC1C2CCC2(C)C(C=O)CCC12. The van der Waals surface area contributed by atoms with Crippen LogP contribution in [0.5, 0.6) is 0 Å². The Morgan fingerprint density at radius 2 is 1.57 bits per heavy atom. The summed E-state index contributed by atoms with van der Waals surface area (Å²) < 4.78 is 0. The Labute approximate surface area is 175 Å². The van der Waals surface area contributed by atoms with Crippen molar-refractivity contribution in [2.45, 2.75) is 113 Å². The number of fused-ring (bicyclic) bond motifs is 5. The third-order valence-electron chi connectivity index (χ3n) is 8.32. The lowest BCUT2D eigenvalue weighted by Crippen LogP contribution is -2.50. The van der Waals surface area contributed by atoms with Crippen molar-refractivity contribution in [1.82, 2.24) is 0 Å². The molecule has 4 aliphatic carbocycles. The summed E-state index contributed by atoms with van der Waals surface area (Å²) in [4.78, 5) is 11.5. The summed E-state index contributed by atoms with van der Waals surface area (Å²) in [5.74, 6) is 2.59. The van der Waals surface area contributed by atoms with Gasteiger partial charge < -0.3 is 9.90 Å². The largest absolute Gasteiger partial charge is 0.393 e. The van der Waals surface area contributed by atoms with Crippen molar-refractivity contribution in [1.29, 1.82) is 0 Å². The van der Waals surface area contributed by atoms with E-state index < -0.39 is 0 Å². The van der Waals surface area contributed by atoms with Gasteiger partial charge in [0.1, 0.15) is 6.29 Å². The maximum atomic E-state index is 11.5. The second-order valence-corrected chi connectivity index (χ2v) is 9.02. The number of carbonyl (C=O) groups excluding carboxylic acids is 1. The molecule has 1 N–H and O–H groups in total. The predicted octanol–water partition coefficient (Wildman–Crippen LogP) is 7.20. The molecule has 0 bridgehead atoms. The van der Waals surface area contributed by atoms with E-state index in [2.05, 4.69) is 19.9 Å². The van der Waals surface area contributed by atoms with Gasteiger partial charge in [-0.25, -0.2) is 0 Å². The van der Waals surface area contributed by atoms with Gasteiger partial charge >= 0.3 is 0 Å². The van der Waals surface area contributed by atoms with Gasteiger partial charge in [0.2, 0.25) is 0 Å². The van der Waals surface area contributed by atoms with Gasteiger partial charge in [-0.3, -0.25) is 0 Å². The van der Waals surface area contributed by atoms with E-state index in [4.69, 9.17) is 0 Å². The standard InChI is InChI=1S/C20H30O2.3C2H6/c1-19-9-7-15(22)11-13(19)3-5-16-17-6-4-14(12-21)20(17,2)10-8-18(16)19;3*1-2/h3,12,14-18,22H,4-11H2,1-2H3;3*1-2H3. The molecule has 0 radical (unpaired) electrons. The van der Waals surface area contributed by atoms with Crippen LogP contribution in [0, 0.1) is 34.5 Å². The Morgan fingerprint density at radius 1 is 0.929 bits per heavy atom. The molecule has 0 saturated heterocycles. The molecule has 4 aliphatic rings. The highest BCUT2D eigenvalue weighted by molar-refractivity contribution is 5.56. The van der Waals surface area contributed by atoms with Gasteiger partial charge in [0.05, 0.1) is 6.10 Å². The van der Waals surface area contributed by atoms with Gasteiger partial charge in [-0.15, -0.1) is 0 Å². The fourth-order valence-corrected chi connectivity index (χ4v) is 6.91. The first-order chi connectivity index (χ1) is 13.5. The van der Waals surface area contributed by atoms with Gasteiger partial charge in [-0.2, -0.15) is 0 Å². The van der Waals surface area contributed by atoms with E-state index in [9.17, 15) is 9.90 Å². The number of allylic oxidation sites excluding steroid dienone is 1. The molecule has 0 aromatic heterocycles. The fourth-order valence-electron chi connectivity index (χ4n) is 6.91. The van der Waals surface area contributed by atoms with Crippen molar-refractivity contribution < 1.29 is 9.90 Å². The zero-order valence-corrected chi connectivity index (χ0v) is 20.1. The van der Waals surface area contributed by atoms with Crippen molar-refractivity contribution in [2.24, 2.45) is 34.5 Å². The Kier molecular flexibility index (Phi) is 9.94. The van der Waals surface area contributed by atoms with E-state index in [1.807, 2.05) is 41.5 Å². The molecule has 7 unspecified atom stereocenters. The highest BCUT2D eigenvalue weighted by Crippen LogP contribution is 2.65. The van der Waals surface area contributed by atoms with Crippen LogP contribution in [0.25, 0.3) is 0 Å². The molecule has 0 heterocycles. The van der Waals surface area contributed by atoms with Crippen LogP contribution in [0.15, 0.2) is 11.6 Å². The van der Waals surface area contributed by atoms with Gasteiger partial charge in [0.15, 0.2) is 0 Å². The first kappa shape index (κ1) is 25.4. The molecule has 0 aliphatic heterocycles. The first-order valence-corrected chi connectivity index (χ1v) is 12.3. The van der Waals surface area contributed by atoms with Gasteiger partial charge in [0, 0.05) is 5.92 Å². The Morgan fingerprint density at radius 3 is 2.18 bits per heavy atom. The maximum absolute atomic E-state index is 11.5. The lowest BCUT2D eigenvalue weighted by Gasteiger charge is -2.57. The minimum atomic E-state index is -0.115. The average molecular weight is 393 g/mol. The number of hydrogen-bond acceptors (Lipinski definition) is 2.